The fourth-order valence-corrected chi connectivity index (χ4v) is 2.20. The second kappa shape index (κ2) is 9.54. The predicted octanol–water partition coefficient (Wildman–Crippen LogP) is 0.739. The SMILES string of the molecule is COCC(=O)C1CCN(C(=O)OCc2ccccc2)C1=O.[KH]. The average Bonchev–Trinajstić information content (AvgIpc) is 2.88. The Labute approximate surface area is 171 Å². The molecule has 0 saturated carbocycles. The van der Waals surface area contributed by atoms with E-state index in [4.69, 9.17) is 9.47 Å². The maximum atomic E-state index is 12.0. The molecule has 1 aliphatic heterocycles. The summed E-state index contributed by atoms with van der Waals surface area (Å²) < 4.78 is 9.82. The van der Waals surface area contributed by atoms with Crippen molar-refractivity contribution < 1.29 is 23.9 Å². The summed E-state index contributed by atoms with van der Waals surface area (Å²) in [5.41, 5.74) is 0.838. The number of ketones is 1. The van der Waals surface area contributed by atoms with Crippen LogP contribution in [0.15, 0.2) is 30.3 Å². The zero-order chi connectivity index (χ0) is 15.2. The number of nitrogens with zero attached hydrogens (tertiary/aromatic N) is 1. The van der Waals surface area contributed by atoms with Crippen LogP contribution in [0.2, 0.25) is 0 Å². The van der Waals surface area contributed by atoms with Gasteiger partial charge in [0.05, 0.1) is 0 Å². The molecule has 2 amide bonds. The Kier molecular flexibility index (Phi) is 8.44. The summed E-state index contributed by atoms with van der Waals surface area (Å²) in [4.78, 5) is 36.6. The Morgan fingerprint density at radius 1 is 1.27 bits per heavy atom. The van der Waals surface area contributed by atoms with Gasteiger partial charge in [0.1, 0.15) is 19.1 Å². The van der Waals surface area contributed by atoms with Gasteiger partial charge in [0.15, 0.2) is 5.78 Å². The third-order valence-electron chi connectivity index (χ3n) is 3.31. The van der Waals surface area contributed by atoms with E-state index in [0.717, 1.165) is 10.5 Å². The summed E-state index contributed by atoms with van der Waals surface area (Å²) >= 11 is 0. The van der Waals surface area contributed by atoms with Crippen LogP contribution >= 0.6 is 0 Å². The molecule has 0 bridgehead atoms. The van der Waals surface area contributed by atoms with Crippen molar-refractivity contribution in [2.75, 3.05) is 20.3 Å². The van der Waals surface area contributed by atoms with Gasteiger partial charge in [0, 0.05) is 13.7 Å². The van der Waals surface area contributed by atoms with E-state index in [9.17, 15) is 14.4 Å². The van der Waals surface area contributed by atoms with Crippen LogP contribution in [0, 0.1) is 5.92 Å². The topological polar surface area (TPSA) is 72.9 Å². The molecule has 1 fully saturated rings. The van der Waals surface area contributed by atoms with Gasteiger partial charge in [-0.25, -0.2) is 9.69 Å². The van der Waals surface area contributed by atoms with Gasteiger partial charge in [-0.1, -0.05) is 30.3 Å². The van der Waals surface area contributed by atoms with Crippen molar-refractivity contribution in [2.24, 2.45) is 5.92 Å². The molecule has 1 atom stereocenters. The summed E-state index contributed by atoms with van der Waals surface area (Å²) in [6.45, 7) is 0.177. The normalized spacial score (nSPS) is 17.0. The first kappa shape index (κ1) is 19.5. The molecule has 114 valence electrons. The number of Topliss-reactive ketones (excluding diaryl/α,β-unsaturated/α-hetero) is 1. The molecule has 1 unspecified atom stereocenters. The third kappa shape index (κ3) is 4.97. The molecule has 1 aromatic carbocycles. The zero-order valence-electron chi connectivity index (χ0n) is 11.8. The van der Waals surface area contributed by atoms with Gasteiger partial charge < -0.3 is 9.47 Å². The average molecular weight is 331 g/mol. The first-order valence-electron chi connectivity index (χ1n) is 6.67. The number of ether oxygens (including phenoxy) is 2. The monoisotopic (exact) mass is 331 g/mol. The molecule has 0 radical (unpaired) electrons. The van der Waals surface area contributed by atoms with Gasteiger partial charge >= 0.3 is 57.5 Å². The van der Waals surface area contributed by atoms with Crippen LogP contribution in [0.4, 0.5) is 4.79 Å². The molecule has 1 saturated heterocycles. The van der Waals surface area contributed by atoms with Crippen molar-refractivity contribution in [3.05, 3.63) is 35.9 Å². The summed E-state index contributed by atoms with van der Waals surface area (Å²) in [7, 11) is 1.39. The van der Waals surface area contributed by atoms with Gasteiger partial charge in [0.2, 0.25) is 5.91 Å². The molecule has 1 aromatic rings. The molecule has 1 heterocycles. The molecule has 6 nitrogen and oxygen atoms in total. The number of hydrogen-bond acceptors (Lipinski definition) is 5. The van der Waals surface area contributed by atoms with Crippen LogP contribution in [-0.4, -0.2) is 94.3 Å². The standard InChI is InChI=1S/C15H17NO5.K.H/c1-20-10-13(17)12-7-8-16(14(12)18)15(19)21-9-11-5-3-2-4-6-11;;/h2-6,12H,7-10H2,1H3;;. The van der Waals surface area contributed by atoms with Crippen LogP contribution < -0.4 is 0 Å². The van der Waals surface area contributed by atoms with E-state index in [-0.39, 0.29) is 76.9 Å². The Hall–Kier alpha value is -0.574. The maximum absolute atomic E-state index is 12.0. The Bertz CT molecular complexity index is 534. The van der Waals surface area contributed by atoms with E-state index < -0.39 is 17.9 Å². The molecule has 22 heavy (non-hydrogen) atoms. The van der Waals surface area contributed by atoms with Gasteiger partial charge in [-0.3, -0.25) is 9.59 Å². The predicted molar refractivity (Wildman–Crippen MR) is 80.5 cm³/mol. The van der Waals surface area contributed by atoms with E-state index >= 15 is 0 Å². The Morgan fingerprint density at radius 3 is 2.59 bits per heavy atom. The Balaban J connectivity index is 0.00000242. The van der Waals surface area contributed by atoms with E-state index in [1.165, 1.54) is 7.11 Å². The van der Waals surface area contributed by atoms with Crippen molar-refractivity contribution >= 4 is 69.2 Å². The van der Waals surface area contributed by atoms with E-state index in [1.54, 1.807) is 0 Å². The van der Waals surface area contributed by atoms with Crippen molar-refractivity contribution in [1.29, 1.82) is 0 Å². The van der Waals surface area contributed by atoms with E-state index in [0.29, 0.717) is 6.42 Å². The summed E-state index contributed by atoms with van der Waals surface area (Å²) in [6, 6.07) is 9.18. The molecule has 1 aliphatic rings. The van der Waals surface area contributed by atoms with Gasteiger partial charge in [-0.2, -0.15) is 0 Å². The second-order valence-electron chi connectivity index (χ2n) is 4.77. The minimum atomic E-state index is -0.797. The fraction of sp³-hybridized carbons (Fsp3) is 0.400. The molecule has 2 rings (SSSR count). The van der Waals surface area contributed by atoms with Crippen LogP contribution in [0.1, 0.15) is 12.0 Å². The molecular weight excluding hydrogens is 313 g/mol. The van der Waals surface area contributed by atoms with Crippen LogP contribution in [-0.2, 0) is 25.7 Å². The van der Waals surface area contributed by atoms with E-state index in [1.807, 2.05) is 30.3 Å². The Morgan fingerprint density at radius 2 is 1.95 bits per heavy atom. The molecule has 0 aliphatic carbocycles. The number of benzene rings is 1. The number of hydrogen-bond donors (Lipinski definition) is 0. The van der Waals surface area contributed by atoms with Crippen molar-refractivity contribution in [1.82, 2.24) is 4.90 Å². The second-order valence-corrected chi connectivity index (χ2v) is 4.77. The quantitative estimate of drug-likeness (QED) is 0.588. The summed E-state index contributed by atoms with van der Waals surface area (Å²) in [6.07, 6.45) is -0.391. The molecular formula is C15H18KNO5. The molecule has 0 spiro atoms. The van der Waals surface area contributed by atoms with Gasteiger partial charge in [-0.15, -0.1) is 0 Å². The number of methoxy groups -OCH3 is 1. The number of carbonyl (C=O) groups excluding carboxylic acids is 3. The van der Waals surface area contributed by atoms with Crippen LogP contribution in [0.3, 0.4) is 0 Å². The van der Waals surface area contributed by atoms with E-state index in [2.05, 4.69) is 0 Å². The third-order valence-corrected chi connectivity index (χ3v) is 3.31. The number of likely N-dealkylation sites (tertiary alicyclic amines) is 1. The van der Waals surface area contributed by atoms with Crippen LogP contribution in [0.5, 0.6) is 0 Å². The molecule has 7 heteroatoms. The van der Waals surface area contributed by atoms with Crippen LogP contribution in [0.25, 0.3) is 0 Å². The molecule has 0 N–H and O–H groups in total. The number of imide groups is 1. The molecule has 0 aromatic heterocycles. The summed E-state index contributed by atoms with van der Waals surface area (Å²) in [5, 5.41) is 0. The number of rotatable bonds is 5. The summed E-state index contributed by atoms with van der Waals surface area (Å²) in [5.74, 6) is -1.61. The number of amides is 2. The first-order valence-corrected chi connectivity index (χ1v) is 6.67. The van der Waals surface area contributed by atoms with Gasteiger partial charge in [-0.05, 0) is 12.0 Å². The zero-order valence-corrected chi connectivity index (χ0v) is 11.8. The minimum absolute atomic E-state index is 0. The number of carbonyl (C=O) groups is 3. The van der Waals surface area contributed by atoms with Gasteiger partial charge in [0.25, 0.3) is 0 Å². The van der Waals surface area contributed by atoms with Crippen molar-refractivity contribution in [3.63, 3.8) is 0 Å². The van der Waals surface area contributed by atoms with Crippen molar-refractivity contribution in [3.8, 4) is 0 Å². The fourth-order valence-electron chi connectivity index (χ4n) is 2.20. The van der Waals surface area contributed by atoms with Crippen molar-refractivity contribution in [2.45, 2.75) is 13.0 Å². The first-order chi connectivity index (χ1) is 10.1.